The number of aryl methyl sites for hydroxylation is 1. The summed E-state index contributed by atoms with van der Waals surface area (Å²) in [7, 11) is 1.42. The van der Waals surface area contributed by atoms with Crippen LogP contribution in [0.25, 0.3) is 5.69 Å². The van der Waals surface area contributed by atoms with Crippen molar-refractivity contribution in [3.63, 3.8) is 0 Å². The minimum atomic E-state index is -0.712. The fraction of sp³-hybridized carbons (Fsp3) is 0.292. The van der Waals surface area contributed by atoms with Crippen LogP contribution in [0.15, 0.2) is 66.9 Å². The minimum Gasteiger partial charge on any atom is -0.468 e. The molecule has 0 atom stereocenters. The standard InChI is InChI=1S/C24H25N3O3/c1-18-21(17-27(25-18)20-11-7-4-8-12-20)22(28)26-15-13-24(14-16-26,23(29)30-2)19-9-5-3-6-10-19/h3-12,17H,13-16H2,1-2H3. The van der Waals surface area contributed by atoms with E-state index in [0.717, 1.165) is 11.3 Å². The smallest absolute Gasteiger partial charge is 0.316 e. The molecule has 0 bridgehead atoms. The number of benzene rings is 2. The predicted molar refractivity (Wildman–Crippen MR) is 114 cm³/mol. The Labute approximate surface area is 176 Å². The molecular weight excluding hydrogens is 378 g/mol. The molecule has 1 aromatic heterocycles. The van der Waals surface area contributed by atoms with Gasteiger partial charge in [0, 0.05) is 19.3 Å². The molecule has 4 rings (SSSR count). The Morgan fingerprint density at radius 2 is 1.57 bits per heavy atom. The molecule has 1 fully saturated rings. The Morgan fingerprint density at radius 1 is 0.967 bits per heavy atom. The zero-order valence-electron chi connectivity index (χ0n) is 17.2. The normalized spacial score (nSPS) is 15.6. The monoisotopic (exact) mass is 403 g/mol. The highest BCUT2D eigenvalue weighted by molar-refractivity contribution is 5.95. The molecule has 0 saturated carbocycles. The lowest BCUT2D eigenvalue weighted by Crippen LogP contribution is -2.49. The number of rotatable bonds is 4. The number of carbonyl (C=O) groups excluding carboxylic acids is 2. The molecule has 154 valence electrons. The molecule has 0 unspecified atom stereocenters. The first-order chi connectivity index (χ1) is 14.5. The van der Waals surface area contributed by atoms with E-state index in [4.69, 9.17) is 4.74 Å². The van der Waals surface area contributed by atoms with Crippen LogP contribution in [-0.4, -0.2) is 46.8 Å². The fourth-order valence-electron chi connectivity index (χ4n) is 4.21. The number of para-hydroxylation sites is 1. The van der Waals surface area contributed by atoms with Crippen LogP contribution in [0, 0.1) is 6.92 Å². The van der Waals surface area contributed by atoms with Crippen LogP contribution in [0.2, 0.25) is 0 Å². The van der Waals surface area contributed by atoms with Gasteiger partial charge >= 0.3 is 5.97 Å². The van der Waals surface area contributed by atoms with Crippen LogP contribution in [0.3, 0.4) is 0 Å². The van der Waals surface area contributed by atoms with Gasteiger partial charge in [0.2, 0.25) is 0 Å². The van der Waals surface area contributed by atoms with Crippen molar-refractivity contribution in [1.29, 1.82) is 0 Å². The second-order valence-electron chi connectivity index (χ2n) is 7.64. The number of esters is 1. The summed E-state index contributed by atoms with van der Waals surface area (Å²) in [5.74, 6) is -0.296. The summed E-state index contributed by atoms with van der Waals surface area (Å²) in [6.07, 6.45) is 2.84. The number of nitrogens with zero attached hydrogens (tertiary/aromatic N) is 3. The van der Waals surface area contributed by atoms with Crippen LogP contribution < -0.4 is 0 Å². The molecule has 6 nitrogen and oxygen atoms in total. The van der Waals surface area contributed by atoms with Crippen LogP contribution in [0.1, 0.15) is 34.5 Å². The molecule has 3 aromatic rings. The van der Waals surface area contributed by atoms with Gasteiger partial charge in [0.25, 0.3) is 5.91 Å². The van der Waals surface area contributed by atoms with Crippen LogP contribution >= 0.6 is 0 Å². The molecule has 0 radical (unpaired) electrons. The van der Waals surface area contributed by atoms with E-state index in [1.807, 2.05) is 72.5 Å². The van der Waals surface area contributed by atoms with Crippen molar-refractivity contribution < 1.29 is 14.3 Å². The highest BCUT2D eigenvalue weighted by Gasteiger charge is 2.45. The van der Waals surface area contributed by atoms with Gasteiger partial charge in [-0.3, -0.25) is 9.59 Å². The third-order valence-electron chi connectivity index (χ3n) is 5.96. The Bertz CT molecular complexity index is 1040. The van der Waals surface area contributed by atoms with Gasteiger partial charge in [-0.2, -0.15) is 5.10 Å². The topological polar surface area (TPSA) is 64.4 Å². The number of methoxy groups -OCH3 is 1. The second kappa shape index (κ2) is 8.14. The molecule has 0 spiro atoms. The molecule has 1 aliphatic rings. The van der Waals surface area contributed by atoms with Crippen molar-refractivity contribution in [2.24, 2.45) is 0 Å². The molecule has 1 amide bonds. The van der Waals surface area contributed by atoms with E-state index in [1.54, 1.807) is 10.9 Å². The van der Waals surface area contributed by atoms with Crippen molar-refractivity contribution in [2.75, 3.05) is 20.2 Å². The quantitative estimate of drug-likeness (QED) is 0.625. The number of hydrogen-bond acceptors (Lipinski definition) is 4. The Hall–Kier alpha value is -3.41. The van der Waals surface area contributed by atoms with Gasteiger partial charge in [0.15, 0.2) is 0 Å². The second-order valence-corrected chi connectivity index (χ2v) is 7.64. The third kappa shape index (κ3) is 3.49. The lowest BCUT2D eigenvalue weighted by molar-refractivity contribution is -0.149. The van der Waals surface area contributed by atoms with Gasteiger partial charge in [0.05, 0.1) is 29.5 Å². The molecule has 1 saturated heterocycles. The molecule has 2 heterocycles. The minimum absolute atomic E-state index is 0.0544. The highest BCUT2D eigenvalue weighted by Crippen LogP contribution is 2.37. The lowest BCUT2D eigenvalue weighted by Gasteiger charge is -2.40. The molecule has 30 heavy (non-hydrogen) atoms. The van der Waals surface area contributed by atoms with Crippen LogP contribution in [0.5, 0.6) is 0 Å². The number of carbonyl (C=O) groups is 2. The summed E-state index contributed by atoms with van der Waals surface area (Å²) in [5.41, 5.74) is 2.42. The molecular formula is C24H25N3O3. The number of hydrogen-bond donors (Lipinski definition) is 0. The van der Waals surface area contributed by atoms with E-state index in [0.29, 0.717) is 37.2 Å². The van der Waals surface area contributed by atoms with E-state index in [1.165, 1.54) is 7.11 Å². The molecule has 2 aromatic carbocycles. The first kappa shape index (κ1) is 19.9. The predicted octanol–water partition coefficient (Wildman–Crippen LogP) is 3.53. The zero-order chi connectivity index (χ0) is 21.1. The Balaban J connectivity index is 1.55. The van der Waals surface area contributed by atoms with Gasteiger partial charge in [-0.25, -0.2) is 4.68 Å². The van der Waals surface area contributed by atoms with Gasteiger partial charge < -0.3 is 9.64 Å². The Morgan fingerprint density at radius 3 is 2.17 bits per heavy atom. The zero-order valence-corrected chi connectivity index (χ0v) is 17.2. The number of ether oxygens (including phenoxy) is 1. The first-order valence-electron chi connectivity index (χ1n) is 10.1. The number of amides is 1. The van der Waals surface area contributed by atoms with Crippen molar-refractivity contribution >= 4 is 11.9 Å². The summed E-state index contributed by atoms with van der Waals surface area (Å²) in [6, 6.07) is 19.4. The van der Waals surface area contributed by atoms with E-state index in [2.05, 4.69) is 5.10 Å². The average Bonchev–Trinajstić information content (AvgIpc) is 3.21. The van der Waals surface area contributed by atoms with Crippen LogP contribution in [-0.2, 0) is 14.9 Å². The fourth-order valence-corrected chi connectivity index (χ4v) is 4.21. The largest absolute Gasteiger partial charge is 0.468 e. The molecule has 0 N–H and O–H groups in total. The molecule has 6 heteroatoms. The maximum absolute atomic E-state index is 13.2. The van der Waals surface area contributed by atoms with Crippen molar-refractivity contribution in [1.82, 2.24) is 14.7 Å². The summed E-state index contributed by atoms with van der Waals surface area (Å²) >= 11 is 0. The summed E-state index contributed by atoms with van der Waals surface area (Å²) in [4.78, 5) is 27.7. The summed E-state index contributed by atoms with van der Waals surface area (Å²) in [6.45, 7) is 2.82. The van der Waals surface area contributed by atoms with E-state index < -0.39 is 5.41 Å². The average molecular weight is 403 g/mol. The molecule has 1 aliphatic heterocycles. The first-order valence-corrected chi connectivity index (χ1v) is 10.1. The summed E-state index contributed by atoms with van der Waals surface area (Å²) < 4.78 is 6.87. The molecule has 0 aliphatic carbocycles. The number of aromatic nitrogens is 2. The van der Waals surface area contributed by atoms with Gasteiger partial charge in [0.1, 0.15) is 0 Å². The number of piperidine rings is 1. The van der Waals surface area contributed by atoms with E-state index in [9.17, 15) is 9.59 Å². The van der Waals surface area contributed by atoms with Gasteiger partial charge in [-0.15, -0.1) is 0 Å². The van der Waals surface area contributed by atoms with Crippen molar-refractivity contribution in [2.45, 2.75) is 25.2 Å². The highest BCUT2D eigenvalue weighted by atomic mass is 16.5. The third-order valence-corrected chi connectivity index (χ3v) is 5.96. The van der Waals surface area contributed by atoms with E-state index in [-0.39, 0.29) is 11.9 Å². The maximum Gasteiger partial charge on any atom is 0.316 e. The summed E-state index contributed by atoms with van der Waals surface area (Å²) in [5, 5.41) is 4.51. The maximum atomic E-state index is 13.2. The van der Waals surface area contributed by atoms with Gasteiger partial charge in [-0.05, 0) is 37.5 Å². The Kier molecular flexibility index (Phi) is 5.40. The SMILES string of the molecule is COC(=O)C1(c2ccccc2)CCN(C(=O)c2cn(-c3ccccc3)nc2C)CC1. The van der Waals surface area contributed by atoms with Crippen molar-refractivity contribution in [3.8, 4) is 5.69 Å². The lowest BCUT2D eigenvalue weighted by atomic mass is 9.72. The van der Waals surface area contributed by atoms with Crippen molar-refractivity contribution in [3.05, 3.63) is 83.7 Å². The van der Waals surface area contributed by atoms with Crippen LogP contribution in [0.4, 0.5) is 0 Å². The van der Waals surface area contributed by atoms with Gasteiger partial charge in [-0.1, -0.05) is 48.5 Å². The van der Waals surface area contributed by atoms with E-state index >= 15 is 0 Å². The number of likely N-dealkylation sites (tertiary alicyclic amines) is 1.